The maximum absolute atomic E-state index is 12.5. The van der Waals surface area contributed by atoms with Crippen LogP contribution >= 0.6 is 0 Å². The number of aromatic nitrogens is 2. The Morgan fingerprint density at radius 3 is 2.96 bits per heavy atom. The molecule has 3 rings (SSSR count). The molecule has 2 saturated heterocycles. The molecule has 128 valence electrons. The SMILES string of the molecule is CCCCn1ccnc1C1CCN(C(=O)[C@H]2CNCCO2)CC1. The van der Waals surface area contributed by atoms with Crippen molar-refractivity contribution in [2.45, 2.75) is 51.2 Å². The molecule has 1 N–H and O–H groups in total. The second kappa shape index (κ2) is 7.93. The largest absolute Gasteiger partial charge is 0.366 e. The van der Waals surface area contributed by atoms with Gasteiger partial charge in [0.2, 0.25) is 0 Å². The summed E-state index contributed by atoms with van der Waals surface area (Å²) in [5.41, 5.74) is 0. The summed E-state index contributed by atoms with van der Waals surface area (Å²) in [7, 11) is 0. The number of hydrogen-bond acceptors (Lipinski definition) is 4. The minimum Gasteiger partial charge on any atom is -0.366 e. The summed E-state index contributed by atoms with van der Waals surface area (Å²) in [5.74, 6) is 1.81. The van der Waals surface area contributed by atoms with E-state index in [1.54, 1.807) is 0 Å². The Bertz CT molecular complexity index is 502. The Labute approximate surface area is 138 Å². The molecule has 0 radical (unpaired) electrons. The average molecular weight is 320 g/mol. The van der Waals surface area contributed by atoms with E-state index in [9.17, 15) is 4.79 Å². The van der Waals surface area contributed by atoms with Crippen molar-refractivity contribution in [2.24, 2.45) is 0 Å². The quantitative estimate of drug-likeness (QED) is 0.890. The van der Waals surface area contributed by atoms with Crippen LogP contribution in [0.4, 0.5) is 0 Å². The zero-order valence-electron chi connectivity index (χ0n) is 14.0. The van der Waals surface area contributed by atoms with Crippen LogP contribution in [0.1, 0.15) is 44.3 Å². The first kappa shape index (κ1) is 16.5. The Balaban J connectivity index is 1.54. The number of imidazole rings is 1. The van der Waals surface area contributed by atoms with Crippen LogP contribution in [0.15, 0.2) is 12.4 Å². The highest BCUT2D eigenvalue weighted by Crippen LogP contribution is 2.27. The van der Waals surface area contributed by atoms with Gasteiger partial charge in [-0.1, -0.05) is 13.3 Å². The fourth-order valence-electron chi connectivity index (χ4n) is 3.48. The molecule has 6 heteroatoms. The van der Waals surface area contributed by atoms with E-state index in [-0.39, 0.29) is 12.0 Å². The summed E-state index contributed by atoms with van der Waals surface area (Å²) in [4.78, 5) is 19.0. The molecular formula is C17H28N4O2. The lowest BCUT2D eigenvalue weighted by Crippen LogP contribution is -2.51. The first-order chi connectivity index (χ1) is 11.3. The Kier molecular flexibility index (Phi) is 5.67. The molecule has 2 fully saturated rings. The molecule has 1 aromatic heterocycles. The van der Waals surface area contributed by atoms with E-state index < -0.39 is 0 Å². The number of nitrogens with zero attached hydrogens (tertiary/aromatic N) is 3. The number of carbonyl (C=O) groups is 1. The van der Waals surface area contributed by atoms with Gasteiger partial charge < -0.3 is 19.5 Å². The third-order valence-electron chi connectivity index (χ3n) is 4.88. The maximum atomic E-state index is 12.5. The molecule has 1 atom stereocenters. The highest BCUT2D eigenvalue weighted by Gasteiger charge is 2.31. The van der Waals surface area contributed by atoms with Crippen molar-refractivity contribution < 1.29 is 9.53 Å². The van der Waals surface area contributed by atoms with Crippen molar-refractivity contribution >= 4 is 5.91 Å². The van der Waals surface area contributed by atoms with Crippen molar-refractivity contribution in [2.75, 3.05) is 32.8 Å². The molecule has 1 amide bonds. The molecule has 6 nitrogen and oxygen atoms in total. The van der Waals surface area contributed by atoms with E-state index in [0.29, 0.717) is 19.1 Å². The number of unbranched alkanes of at least 4 members (excludes halogenated alkanes) is 1. The van der Waals surface area contributed by atoms with Gasteiger partial charge in [0.05, 0.1) is 6.61 Å². The third kappa shape index (κ3) is 3.93. The molecule has 0 bridgehead atoms. The van der Waals surface area contributed by atoms with Gasteiger partial charge in [0.25, 0.3) is 5.91 Å². The van der Waals surface area contributed by atoms with E-state index in [1.165, 1.54) is 18.7 Å². The zero-order chi connectivity index (χ0) is 16.1. The van der Waals surface area contributed by atoms with E-state index >= 15 is 0 Å². The number of nitrogens with one attached hydrogen (secondary N) is 1. The van der Waals surface area contributed by atoms with Crippen molar-refractivity contribution in [1.82, 2.24) is 19.8 Å². The molecule has 1 aromatic rings. The minimum absolute atomic E-state index is 0.143. The van der Waals surface area contributed by atoms with Crippen LogP contribution in [-0.2, 0) is 16.1 Å². The lowest BCUT2D eigenvalue weighted by atomic mass is 9.95. The van der Waals surface area contributed by atoms with Crippen molar-refractivity contribution in [3.8, 4) is 0 Å². The number of morpholine rings is 1. The second-order valence-electron chi connectivity index (χ2n) is 6.50. The van der Waals surface area contributed by atoms with Crippen LogP contribution in [-0.4, -0.2) is 59.2 Å². The lowest BCUT2D eigenvalue weighted by Gasteiger charge is -2.35. The molecule has 2 aliphatic rings. The number of likely N-dealkylation sites (tertiary alicyclic amines) is 1. The molecule has 2 aliphatic heterocycles. The molecule has 0 spiro atoms. The summed E-state index contributed by atoms with van der Waals surface area (Å²) in [6.45, 7) is 6.98. The van der Waals surface area contributed by atoms with Gasteiger partial charge in [-0.15, -0.1) is 0 Å². The second-order valence-corrected chi connectivity index (χ2v) is 6.50. The van der Waals surface area contributed by atoms with Crippen LogP contribution in [0.3, 0.4) is 0 Å². The fourth-order valence-corrected chi connectivity index (χ4v) is 3.48. The number of rotatable bonds is 5. The summed E-state index contributed by atoms with van der Waals surface area (Å²) in [5, 5.41) is 3.23. The molecule has 0 unspecified atom stereocenters. The van der Waals surface area contributed by atoms with Gasteiger partial charge in [0.15, 0.2) is 0 Å². The van der Waals surface area contributed by atoms with E-state index in [1.807, 2.05) is 11.1 Å². The van der Waals surface area contributed by atoms with Crippen molar-refractivity contribution in [3.05, 3.63) is 18.2 Å². The monoisotopic (exact) mass is 320 g/mol. The van der Waals surface area contributed by atoms with Gasteiger partial charge in [0.1, 0.15) is 11.9 Å². The van der Waals surface area contributed by atoms with Crippen LogP contribution in [0.2, 0.25) is 0 Å². The van der Waals surface area contributed by atoms with Crippen molar-refractivity contribution in [1.29, 1.82) is 0 Å². The van der Waals surface area contributed by atoms with E-state index in [4.69, 9.17) is 4.74 Å². The number of piperidine rings is 1. The topological polar surface area (TPSA) is 59.4 Å². The van der Waals surface area contributed by atoms with Gasteiger partial charge in [-0.3, -0.25) is 4.79 Å². The average Bonchev–Trinajstić information content (AvgIpc) is 3.08. The first-order valence-corrected chi connectivity index (χ1v) is 8.91. The molecule has 0 saturated carbocycles. The summed E-state index contributed by atoms with van der Waals surface area (Å²) in [6.07, 6.45) is 8.07. The Hall–Kier alpha value is -1.40. The normalized spacial score (nSPS) is 23.2. The number of aryl methyl sites for hydroxylation is 1. The molecule has 23 heavy (non-hydrogen) atoms. The predicted octanol–water partition coefficient (Wildman–Crippen LogP) is 1.38. The highest BCUT2D eigenvalue weighted by molar-refractivity contribution is 5.81. The Morgan fingerprint density at radius 2 is 2.26 bits per heavy atom. The van der Waals surface area contributed by atoms with Crippen LogP contribution in [0, 0.1) is 0 Å². The smallest absolute Gasteiger partial charge is 0.253 e. The van der Waals surface area contributed by atoms with Gasteiger partial charge >= 0.3 is 0 Å². The highest BCUT2D eigenvalue weighted by atomic mass is 16.5. The molecule has 0 aromatic carbocycles. The Morgan fingerprint density at radius 1 is 1.43 bits per heavy atom. The van der Waals surface area contributed by atoms with Crippen LogP contribution in [0.25, 0.3) is 0 Å². The number of carbonyl (C=O) groups excluding carboxylic acids is 1. The van der Waals surface area contributed by atoms with Gasteiger partial charge in [-0.2, -0.15) is 0 Å². The minimum atomic E-state index is -0.299. The third-order valence-corrected chi connectivity index (χ3v) is 4.88. The summed E-state index contributed by atoms with van der Waals surface area (Å²) in [6, 6.07) is 0. The van der Waals surface area contributed by atoms with Crippen LogP contribution < -0.4 is 5.32 Å². The fraction of sp³-hybridized carbons (Fsp3) is 0.765. The van der Waals surface area contributed by atoms with Crippen molar-refractivity contribution in [3.63, 3.8) is 0 Å². The number of ether oxygens (including phenoxy) is 1. The zero-order valence-corrected chi connectivity index (χ0v) is 14.0. The molecule has 3 heterocycles. The summed E-state index contributed by atoms with van der Waals surface area (Å²) < 4.78 is 7.88. The standard InChI is InChI=1S/C17H28N4O2/c1-2-3-8-20-11-6-19-16(20)14-4-9-21(10-5-14)17(22)15-13-18-7-12-23-15/h6,11,14-15,18H,2-5,7-10,12-13H2,1H3/t15-/m1/s1. The molecule has 0 aliphatic carbocycles. The summed E-state index contributed by atoms with van der Waals surface area (Å²) >= 11 is 0. The maximum Gasteiger partial charge on any atom is 0.253 e. The number of amides is 1. The van der Waals surface area contributed by atoms with Gasteiger partial charge in [0, 0.05) is 51.0 Å². The predicted molar refractivity (Wildman–Crippen MR) is 88.3 cm³/mol. The van der Waals surface area contributed by atoms with E-state index in [0.717, 1.165) is 39.0 Å². The van der Waals surface area contributed by atoms with Crippen LogP contribution in [0.5, 0.6) is 0 Å². The molecular weight excluding hydrogens is 292 g/mol. The van der Waals surface area contributed by atoms with Gasteiger partial charge in [-0.05, 0) is 19.3 Å². The lowest BCUT2D eigenvalue weighted by molar-refractivity contribution is -0.146. The number of hydrogen-bond donors (Lipinski definition) is 1. The van der Waals surface area contributed by atoms with Gasteiger partial charge in [-0.25, -0.2) is 4.98 Å². The van der Waals surface area contributed by atoms with E-state index in [2.05, 4.69) is 28.0 Å². The first-order valence-electron chi connectivity index (χ1n) is 8.91.